The van der Waals surface area contributed by atoms with E-state index >= 15 is 0 Å². The average Bonchev–Trinajstić information content (AvgIpc) is 2.81. The molecule has 0 bridgehead atoms. The molecule has 2 heterocycles. The molecule has 1 aromatic heterocycles. The van der Waals surface area contributed by atoms with Crippen molar-refractivity contribution in [3.63, 3.8) is 0 Å². The molecule has 160 valence electrons. The summed E-state index contributed by atoms with van der Waals surface area (Å²) in [5, 5.41) is 16.7. The number of piperidine rings is 1. The van der Waals surface area contributed by atoms with Crippen LogP contribution in [0.3, 0.4) is 0 Å². The molecule has 31 heavy (non-hydrogen) atoms. The third-order valence-corrected chi connectivity index (χ3v) is 5.47. The van der Waals surface area contributed by atoms with Gasteiger partial charge in [-0.3, -0.25) is 14.5 Å². The van der Waals surface area contributed by atoms with E-state index in [1.165, 1.54) is 22.4 Å². The number of hydrogen-bond acceptors (Lipinski definition) is 5. The van der Waals surface area contributed by atoms with Crippen LogP contribution in [0.5, 0.6) is 0 Å². The van der Waals surface area contributed by atoms with Crippen molar-refractivity contribution in [2.75, 3.05) is 13.1 Å². The Hall–Kier alpha value is -3.29. The number of hydrogen-bond donors (Lipinski definition) is 2. The molecule has 0 unspecified atom stereocenters. The van der Waals surface area contributed by atoms with Crippen LogP contribution in [-0.4, -0.2) is 44.9 Å². The van der Waals surface area contributed by atoms with Gasteiger partial charge in [0.1, 0.15) is 5.69 Å². The van der Waals surface area contributed by atoms with E-state index < -0.39 is 0 Å². The van der Waals surface area contributed by atoms with Crippen LogP contribution in [0.2, 0.25) is 0 Å². The van der Waals surface area contributed by atoms with E-state index in [-0.39, 0.29) is 23.3 Å². The standard InChI is InChI=1S/C24H26N4O3/c29-21-12-14-27(15-13-21)17-19-8-6-18(7-9-19)16-25-24(31)22-10-11-23(30)28(26-22)20-4-2-1-3-5-20/h1-11,21,29H,12-17H2,(H,25,31). The number of rotatable bonds is 6. The third-order valence-electron chi connectivity index (χ3n) is 5.47. The summed E-state index contributed by atoms with van der Waals surface area (Å²) in [7, 11) is 0. The van der Waals surface area contributed by atoms with Gasteiger partial charge in [0.25, 0.3) is 11.5 Å². The van der Waals surface area contributed by atoms with Gasteiger partial charge in [-0.1, -0.05) is 42.5 Å². The second kappa shape index (κ2) is 9.68. The van der Waals surface area contributed by atoms with Gasteiger partial charge in [0.05, 0.1) is 11.8 Å². The largest absolute Gasteiger partial charge is 0.393 e. The minimum absolute atomic E-state index is 0.163. The van der Waals surface area contributed by atoms with Crippen LogP contribution in [0.15, 0.2) is 71.5 Å². The summed E-state index contributed by atoms with van der Waals surface area (Å²) in [6.45, 7) is 3.07. The summed E-state index contributed by atoms with van der Waals surface area (Å²) in [4.78, 5) is 27.0. The van der Waals surface area contributed by atoms with Gasteiger partial charge < -0.3 is 10.4 Å². The first-order valence-electron chi connectivity index (χ1n) is 10.5. The molecular weight excluding hydrogens is 392 g/mol. The molecule has 0 radical (unpaired) electrons. The smallest absolute Gasteiger partial charge is 0.272 e. The fourth-order valence-electron chi connectivity index (χ4n) is 3.66. The van der Waals surface area contributed by atoms with E-state index in [4.69, 9.17) is 0 Å². The highest BCUT2D eigenvalue weighted by atomic mass is 16.3. The van der Waals surface area contributed by atoms with E-state index in [1.54, 1.807) is 12.1 Å². The average molecular weight is 418 g/mol. The lowest BCUT2D eigenvalue weighted by atomic mass is 10.1. The number of benzene rings is 2. The predicted molar refractivity (Wildman–Crippen MR) is 118 cm³/mol. The third kappa shape index (κ3) is 5.45. The van der Waals surface area contributed by atoms with Crippen molar-refractivity contribution in [3.05, 3.63) is 93.9 Å². The maximum atomic E-state index is 12.6. The Morgan fingerprint density at radius 3 is 2.35 bits per heavy atom. The molecule has 0 atom stereocenters. The second-order valence-electron chi connectivity index (χ2n) is 7.81. The minimum Gasteiger partial charge on any atom is -0.393 e. The van der Waals surface area contributed by atoms with Crippen LogP contribution in [0, 0.1) is 0 Å². The van der Waals surface area contributed by atoms with Crippen LogP contribution >= 0.6 is 0 Å². The van der Waals surface area contributed by atoms with Gasteiger partial charge in [0.2, 0.25) is 0 Å². The van der Waals surface area contributed by atoms with Gasteiger partial charge in [-0.15, -0.1) is 0 Å². The maximum Gasteiger partial charge on any atom is 0.272 e. The maximum absolute atomic E-state index is 12.6. The summed E-state index contributed by atoms with van der Waals surface area (Å²) in [6.07, 6.45) is 1.50. The summed E-state index contributed by atoms with van der Waals surface area (Å²) in [5.41, 5.74) is 2.71. The molecule has 1 amide bonds. The molecule has 2 N–H and O–H groups in total. The molecule has 1 fully saturated rings. The number of likely N-dealkylation sites (tertiary alicyclic amines) is 1. The van der Waals surface area contributed by atoms with Crippen molar-refractivity contribution in [3.8, 4) is 5.69 Å². The number of nitrogens with zero attached hydrogens (tertiary/aromatic N) is 3. The van der Waals surface area contributed by atoms with Crippen LogP contribution in [0.4, 0.5) is 0 Å². The van der Waals surface area contributed by atoms with E-state index in [9.17, 15) is 14.7 Å². The number of para-hydroxylation sites is 1. The SMILES string of the molecule is O=C(NCc1ccc(CN2CCC(O)CC2)cc1)c1ccc(=O)n(-c2ccccc2)n1. The lowest BCUT2D eigenvalue weighted by molar-refractivity contribution is 0.0792. The van der Waals surface area contributed by atoms with Gasteiger partial charge in [-0.2, -0.15) is 9.78 Å². The predicted octanol–water partition coefficient (Wildman–Crippen LogP) is 2.12. The molecule has 4 rings (SSSR count). The van der Waals surface area contributed by atoms with Gasteiger partial charge in [0.15, 0.2) is 0 Å². The number of aliphatic hydroxyl groups excluding tert-OH is 1. The molecule has 0 spiro atoms. The summed E-state index contributed by atoms with van der Waals surface area (Å²) < 4.78 is 1.23. The minimum atomic E-state index is -0.333. The van der Waals surface area contributed by atoms with Gasteiger partial charge in [-0.25, -0.2) is 0 Å². The summed E-state index contributed by atoms with van der Waals surface area (Å²) >= 11 is 0. The highest BCUT2D eigenvalue weighted by Crippen LogP contribution is 2.14. The monoisotopic (exact) mass is 418 g/mol. The summed E-state index contributed by atoms with van der Waals surface area (Å²) in [5.74, 6) is -0.333. The first-order chi connectivity index (χ1) is 15.1. The molecule has 1 aliphatic heterocycles. The Kier molecular flexibility index (Phi) is 6.54. The van der Waals surface area contributed by atoms with E-state index in [1.807, 2.05) is 30.3 Å². The molecule has 1 aliphatic rings. The molecule has 2 aromatic carbocycles. The van der Waals surface area contributed by atoms with Crippen molar-refractivity contribution in [2.45, 2.75) is 32.0 Å². The van der Waals surface area contributed by atoms with Crippen molar-refractivity contribution >= 4 is 5.91 Å². The molecule has 0 aliphatic carbocycles. The molecular formula is C24H26N4O3. The topological polar surface area (TPSA) is 87.5 Å². The highest BCUT2D eigenvalue weighted by Gasteiger charge is 2.17. The number of aromatic nitrogens is 2. The Morgan fingerprint density at radius 2 is 1.65 bits per heavy atom. The lowest BCUT2D eigenvalue weighted by Gasteiger charge is -2.29. The van der Waals surface area contributed by atoms with E-state index in [0.717, 1.165) is 38.0 Å². The summed E-state index contributed by atoms with van der Waals surface area (Å²) in [6, 6.07) is 20.0. The number of amides is 1. The van der Waals surface area contributed by atoms with Crippen molar-refractivity contribution in [2.24, 2.45) is 0 Å². The zero-order valence-electron chi connectivity index (χ0n) is 17.3. The molecule has 7 nitrogen and oxygen atoms in total. The molecule has 1 saturated heterocycles. The van der Waals surface area contributed by atoms with E-state index in [0.29, 0.717) is 12.2 Å². The number of aliphatic hydroxyl groups is 1. The van der Waals surface area contributed by atoms with E-state index in [2.05, 4.69) is 27.4 Å². The highest BCUT2D eigenvalue weighted by molar-refractivity contribution is 5.92. The molecule has 3 aromatic rings. The lowest BCUT2D eigenvalue weighted by Crippen LogP contribution is -2.35. The number of nitrogens with one attached hydrogen (secondary N) is 1. The zero-order chi connectivity index (χ0) is 21.6. The second-order valence-corrected chi connectivity index (χ2v) is 7.81. The van der Waals surface area contributed by atoms with Gasteiger partial charge in [0, 0.05) is 32.2 Å². The normalized spacial score (nSPS) is 15.0. The Labute approximate surface area is 181 Å². The van der Waals surface area contributed by atoms with Crippen LogP contribution in [0.1, 0.15) is 34.5 Å². The fourth-order valence-corrected chi connectivity index (χ4v) is 3.66. The number of carbonyl (C=O) groups excluding carboxylic acids is 1. The van der Waals surface area contributed by atoms with Crippen molar-refractivity contribution < 1.29 is 9.90 Å². The quantitative estimate of drug-likeness (QED) is 0.640. The van der Waals surface area contributed by atoms with Crippen LogP contribution in [0.25, 0.3) is 5.69 Å². The van der Waals surface area contributed by atoms with Gasteiger partial charge in [-0.05, 0) is 42.2 Å². The molecule has 0 saturated carbocycles. The first kappa shape index (κ1) is 21.0. The van der Waals surface area contributed by atoms with Crippen LogP contribution < -0.4 is 10.9 Å². The van der Waals surface area contributed by atoms with Crippen LogP contribution in [-0.2, 0) is 13.1 Å². The Morgan fingerprint density at radius 1 is 0.968 bits per heavy atom. The first-order valence-corrected chi connectivity index (χ1v) is 10.5. The zero-order valence-corrected chi connectivity index (χ0v) is 17.3. The van der Waals surface area contributed by atoms with Crippen molar-refractivity contribution in [1.29, 1.82) is 0 Å². The Balaban J connectivity index is 1.35. The van der Waals surface area contributed by atoms with Gasteiger partial charge >= 0.3 is 0 Å². The number of carbonyl (C=O) groups is 1. The Bertz CT molecular complexity index is 1070. The van der Waals surface area contributed by atoms with Crippen molar-refractivity contribution in [1.82, 2.24) is 20.0 Å². The molecule has 7 heteroatoms. The fraction of sp³-hybridized carbons (Fsp3) is 0.292.